The van der Waals surface area contributed by atoms with Crippen LogP contribution in [0.15, 0.2) is 18.2 Å². The molecule has 1 fully saturated rings. The van der Waals surface area contributed by atoms with E-state index in [0.717, 1.165) is 36.4 Å². The Hall–Kier alpha value is -0.610. The maximum absolute atomic E-state index is 13.6. The third-order valence-corrected chi connectivity index (χ3v) is 4.46. The standard InChI is InChI=1S/C14H19BrFNO/c1-18-14-3-2-12(8-13(14)16)10-17-6-4-11(9-15)5-7-17/h2-3,8,11H,4-7,9-10H2,1H3. The normalized spacial score (nSPS) is 17.9. The minimum Gasteiger partial charge on any atom is -0.494 e. The lowest BCUT2D eigenvalue weighted by atomic mass is 9.99. The van der Waals surface area contributed by atoms with Crippen molar-refractivity contribution in [2.45, 2.75) is 19.4 Å². The molecule has 0 unspecified atom stereocenters. The topological polar surface area (TPSA) is 12.5 Å². The largest absolute Gasteiger partial charge is 0.494 e. The molecule has 1 aliphatic heterocycles. The van der Waals surface area contributed by atoms with Crippen LogP contribution in [0.2, 0.25) is 0 Å². The third-order valence-electron chi connectivity index (χ3n) is 3.55. The molecule has 1 heterocycles. The second-order valence-corrected chi connectivity index (χ2v) is 5.49. The SMILES string of the molecule is COc1ccc(CN2CCC(CBr)CC2)cc1F. The smallest absolute Gasteiger partial charge is 0.165 e. The van der Waals surface area contributed by atoms with Crippen molar-refractivity contribution in [3.8, 4) is 5.75 Å². The number of halogens is 2. The van der Waals surface area contributed by atoms with Gasteiger partial charge >= 0.3 is 0 Å². The molecule has 18 heavy (non-hydrogen) atoms. The summed E-state index contributed by atoms with van der Waals surface area (Å²) < 4.78 is 18.5. The first-order valence-electron chi connectivity index (χ1n) is 6.33. The second kappa shape index (κ2) is 6.53. The van der Waals surface area contributed by atoms with Gasteiger partial charge < -0.3 is 4.74 Å². The molecular formula is C14H19BrFNO. The molecule has 0 spiro atoms. The number of hydrogen-bond acceptors (Lipinski definition) is 2. The molecule has 4 heteroatoms. The van der Waals surface area contributed by atoms with Crippen LogP contribution in [0.3, 0.4) is 0 Å². The summed E-state index contributed by atoms with van der Waals surface area (Å²) in [5, 5.41) is 1.10. The molecule has 0 atom stereocenters. The fraction of sp³-hybridized carbons (Fsp3) is 0.571. The van der Waals surface area contributed by atoms with E-state index in [2.05, 4.69) is 20.8 Å². The molecule has 1 aliphatic rings. The molecule has 100 valence electrons. The number of ether oxygens (including phenoxy) is 1. The van der Waals surface area contributed by atoms with Crippen molar-refractivity contribution in [1.29, 1.82) is 0 Å². The number of alkyl halides is 1. The number of nitrogens with zero attached hydrogens (tertiary/aromatic N) is 1. The van der Waals surface area contributed by atoms with Crippen LogP contribution in [0.5, 0.6) is 5.75 Å². The lowest BCUT2D eigenvalue weighted by Gasteiger charge is -2.31. The molecule has 0 bridgehead atoms. The van der Waals surface area contributed by atoms with Gasteiger partial charge in [-0.05, 0) is 49.5 Å². The zero-order chi connectivity index (χ0) is 13.0. The van der Waals surface area contributed by atoms with Crippen molar-refractivity contribution in [2.24, 2.45) is 5.92 Å². The van der Waals surface area contributed by atoms with E-state index in [4.69, 9.17) is 4.74 Å². The first-order chi connectivity index (χ1) is 8.72. The van der Waals surface area contributed by atoms with Crippen molar-refractivity contribution >= 4 is 15.9 Å². The highest BCUT2D eigenvalue weighted by molar-refractivity contribution is 9.09. The quantitative estimate of drug-likeness (QED) is 0.789. The fourth-order valence-electron chi connectivity index (χ4n) is 2.37. The molecule has 1 aromatic carbocycles. The van der Waals surface area contributed by atoms with Crippen molar-refractivity contribution in [1.82, 2.24) is 4.90 Å². The van der Waals surface area contributed by atoms with Crippen LogP contribution in [-0.4, -0.2) is 30.4 Å². The predicted molar refractivity (Wildman–Crippen MR) is 74.7 cm³/mol. The Balaban J connectivity index is 1.92. The van der Waals surface area contributed by atoms with Gasteiger partial charge in [-0.2, -0.15) is 0 Å². The van der Waals surface area contributed by atoms with Gasteiger partial charge in [-0.15, -0.1) is 0 Å². The van der Waals surface area contributed by atoms with Gasteiger partial charge in [-0.25, -0.2) is 4.39 Å². The molecule has 1 aromatic rings. The highest BCUT2D eigenvalue weighted by Gasteiger charge is 2.18. The van der Waals surface area contributed by atoms with Gasteiger partial charge in [0.15, 0.2) is 11.6 Å². The van der Waals surface area contributed by atoms with Gasteiger partial charge in [0.1, 0.15) is 0 Å². The zero-order valence-corrected chi connectivity index (χ0v) is 12.2. The summed E-state index contributed by atoms with van der Waals surface area (Å²) in [5.41, 5.74) is 1.02. The molecule has 0 N–H and O–H groups in total. The molecular weight excluding hydrogens is 297 g/mol. The van der Waals surface area contributed by atoms with Gasteiger partial charge in [0, 0.05) is 11.9 Å². The van der Waals surface area contributed by atoms with Crippen LogP contribution in [0.1, 0.15) is 18.4 Å². The van der Waals surface area contributed by atoms with Gasteiger partial charge in [-0.3, -0.25) is 4.90 Å². The number of methoxy groups -OCH3 is 1. The molecule has 0 aliphatic carbocycles. The number of benzene rings is 1. The van der Waals surface area contributed by atoms with Gasteiger partial charge in [0.05, 0.1) is 7.11 Å². The Morgan fingerprint density at radius 1 is 1.39 bits per heavy atom. The average Bonchev–Trinajstić information content (AvgIpc) is 2.40. The number of hydrogen-bond donors (Lipinski definition) is 0. The average molecular weight is 316 g/mol. The van der Waals surface area contributed by atoms with Gasteiger partial charge in [0.25, 0.3) is 0 Å². The van der Waals surface area contributed by atoms with Crippen molar-refractivity contribution in [2.75, 3.05) is 25.5 Å². The Kier molecular flexibility index (Phi) is 5.01. The lowest BCUT2D eigenvalue weighted by molar-refractivity contribution is 0.187. The zero-order valence-electron chi connectivity index (χ0n) is 10.7. The molecule has 2 nitrogen and oxygen atoms in total. The highest BCUT2D eigenvalue weighted by atomic mass is 79.9. The summed E-state index contributed by atoms with van der Waals surface area (Å²) in [6, 6.07) is 5.23. The highest BCUT2D eigenvalue weighted by Crippen LogP contribution is 2.22. The molecule has 2 rings (SSSR count). The first kappa shape index (κ1) is 13.8. The summed E-state index contributed by atoms with van der Waals surface area (Å²) >= 11 is 3.54. The Morgan fingerprint density at radius 2 is 2.11 bits per heavy atom. The van der Waals surface area contributed by atoms with Crippen LogP contribution in [-0.2, 0) is 6.54 Å². The summed E-state index contributed by atoms with van der Waals surface area (Å²) in [6.07, 6.45) is 2.45. The summed E-state index contributed by atoms with van der Waals surface area (Å²) in [7, 11) is 1.49. The van der Waals surface area contributed by atoms with E-state index in [0.29, 0.717) is 5.75 Å². The summed E-state index contributed by atoms with van der Waals surface area (Å²) in [4.78, 5) is 2.39. The minimum atomic E-state index is -0.273. The minimum absolute atomic E-state index is 0.273. The number of likely N-dealkylation sites (tertiary alicyclic amines) is 1. The monoisotopic (exact) mass is 315 g/mol. The predicted octanol–water partition coefficient (Wildman–Crippen LogP) is 3.44. The summed E-state index contributed by atoms with van der Waals surface area (Å²) in [6.45, 7) is 3.03. The number of piperidine rings is 1. The third kappa shape index (κ3) is 3.45. The first-order valence-corrected chi connectivity index (χ1v) is 7.46. The van der Waals surface area contributed by atoms with E-state index >= 15 is 0 Å². The second-order valence-electron chi connectivity index (χ2n) is 4.84. The van der Waals surface area contributed by atoms with Crippen LogP contribution in [0, 0.1) is 11.7 Å². The molecule has 0 amide bonds. The van der Waals surface area contributed by atoms with E-state index in [1.54, 1.807) is 12.1 Å². The Morgan fingerprint density at radius 3 is 2.67 bits per heavy atom. The Labute approximate surface area is 116 Å². The maximum Gasteiger partial charge on any atom is 0.165 e. The molecule has 1 saturated heterocycles. The van der Waals surface area contributed by atoms with E-state index in [1.807, 2.05) is 6.07 Å². The van der Waals surface area contributed by atoms with E-state index < -0.39 is 0 Å². The van der Waals surface area contributed by atoms with Crippen LogP contribution >= 0.6 is 15.9 Å². The molecule has 0 saturated carbocycles. The van der Waals surface area contributed by atoms with Crippen molar-refractivity contribution < 1.29 is 9.13 Å². The lowest BCUT2D eigenvalue weighted by Crippen LogP contribution is -2.33. The fourth-order valence-corrected chi connectivity index (χ4v) is 3.01. The van der Waals surface area contributed by atoms with Gasteiger partial charge in [0.2, 0.25) is 0 Å². The molecule has 0 radical (unpaired) electrons. The van der Waals surface area contributed by atoms with Crippen molar-refractivity contribution in [3.63, 3.8) is 0 Å². The van der Waals surface area contributed by atoms with Crippen molar-refractivity contribution in [3.05, 3.63) is 29.6 Å². The van der Waals surface area contributed by atoms with Crippen LogP contribution in [0.25, 0.3) is 0 Å². The van der Waals surface area contributed by atoms with E-state index in [-0.39, 0.29) is 5.82 Å². The summed E-state index contributed by atoms with van der Waals surface area (Å²) in [5.74, 6) is 0.843. The maximum atomic E-state index is 13.6. The molecule has 0 aromatic heterocycles. The van der Waals surface area contributed by atoms with Crippen LogP contribution < -0.4 is 4.74 Å². The van der Waals surface area contributed by atoms with Crippen LogP contribution in [0.4, 0.5) is 4.39 Å². The van der Waals surface area contributed by atoms with E-state index in [9.17, 15) is 4.39 Å². The van der Waals surface area contributed by atoms with Gasteiger partial charge in [-0.1, -0.05) is 22.0 Å². The Bertz CT molecular complexity index is 391. The van der Waals surface area contributed by atoms with E-state index in [1.165, 1.54) is 20.0 Å². The number of rotatable bonds is 4.